The van der Waals surface area contributed by atoms with E-state index in [9.17, 15) is 9.90 Å². The van der Waals surface area contributed by atoms with Crippen molar-refractivity contribution in [2.75, 3.05) is 13.2 Å². The fourth-order valence-corrected chi connectivity index (χ4v) is 1.56. The SMILES string of the molecule is Cc1ccc(C(=O)NCC(C)(C)CCO)cc1O. The number of carbonyl (C=O) groups is 1. The molecule has 0 saturated carbocycles. The number of hydrogen-bond acceptors (Lipinski definition) is 3. The second-order valence-corrected chi connectivity index (χ2v) is 5.32. The first-order valence-corrected chi connectivity index (χ1v) is 6.04. The van der Waals surface area contributed by atoms with Crippen molar-refractivity contribution in [1.82, 2.24) is 5.32 Å². The number of phenolic OH excluding ortho intramolecular Hbond substituents is 1. The highest BCUT2D eigenvalue weighted by molar-refractivity contribution is 5.94. The molecule has 1 aromatic rings. The first-order valence-electron chi connectivity index (χ1n) is 6.04. The van der Waals surface area contributed by atoms with Crippen LogP contribution in [0.15, 0.2) is 18.2 Å². The molecule has 4 heteroatoms. The largest absolute Gasteiger partial charge is 0.508 e. The number of aliphatic hydroxyl groups excluding tert-OH is 1. The van der Waals surface area contributed by atoms with Crippen molar-refractivity contribution < 1.29 is 15.0 Å². The van der Waals surface area contributed by atoms with E-state index in [1.54, 1.807) is 19.1 Å². The number of nitrogens with one attached hydrogen (secondary N) is 1. The molecule has 1 aromatic carbocycles. The molecule has 18 heavy (non-hydrogen) atoms. The molecular weight excluding hydrogens is 230 g/mol. The summed E-state index contributed by atoms with van der Waals surface area (Å²) in [4.78, 5) is 11.9. The lowest BCUT2D eigenvalue weighted by atomic mass is 9.89. The molecule has 100 valence electrons. The Morgan fingerprint density at radius 1 is 1.39 bits per heavy atom. The Morgan fingerprint density at radius 2 is 2.06 bits per heavy atom. The summed E-state index contributed by atoms with van der Waals surface area (Å²) in [5, 5.41) is 21.3. The Balaban J connectivity index is 2.63. The lowest BCUT2D eigenvalue weighted by molar-refractivity contribution is 0.0928. The third kappa shape index (κ3) is 4.04. The molecule has 0 unspecified atom stereocenters. The second kappa shape index (κ2) is 5.87. The van der Waals surface area contributed by atoms with Gasteiger partial charge in [0.1, 0.15) is 5.75 Å². The van der Waals surface area contributed by atoms with Crippen LogP contribution >= 0.6 is 0 Å². The van der Waals surface area contributed by atoms with Crippen LogP contribution in [0.1, 0.15) is 36.2 Å². The fourth-order valence-electron chi connectivity index (χ4n) is 1.56. The molecule has 0 aliphatic carbocycles. The zero-order chi connectivity index (χ0) is 13.8. The van der Waals surface area contributed by atoms with E-state index in [1.165, 1.54) is 6.07 Å². The number of aromatic hydroxyl groups is 1. The van der Waals surface area contributed by atoms with E-state index >= 15 is 0 Å². The average Bonchev–Trinajstić information content (AvgIpc) is 2.30. The van der Waals surface area contributed by atoms with Gasteiger partial charge in [-0.05, 0) is 36.5 Å². The minimum Gasteiger partial charge on any atom is -0.508 e. The van der Waals surface area contributed by atoms with Crippen molar-refractivity contribution in [2.45, 2.75) is 27.2 Å². The fraction of sp³-hybridized carbons (Fsp3) is 0.500. The molecule has 0 aliphatic heterocycles. The van der Waals surface area contributed by atoms with Crippen LogP contribution in [-0.4, -0.2) is 29.3 Å². The highest BCUT2D eigenvalue weighted by Crippen LogP contribution is 2.20. The van der Waals surface area contributed by atoms with E-state index in [0.717, 1.165) is 5.56 Å². The maximum Gasteiger partial charge on any atom is 0.251 e. The van der Waals surface area contributed by atoms with E-state index < -0.39 is 0 Å². The van der Waals surface area contributed by atoms with Crippen LogP contribution in [0, 0.1) is 12.3 Å². The van der Waals surface area contributed by atoms with E-state index in [4.69, 9.17) is 5.11 Å². The predicted molar refractivity (Wildman–Crippen MR) is 70.7 cm³/mol. The molecule has 0 aliphatic rings. The van der Waals surface area contributed by atoms with Gasteiger partial charge in [0.05, 0.1) is 0 Å². The first-order chi connectivity index (χ1) is 8.35. The van der Waals surface area contributed by atoms with Crippen molar-refractivity contribution in [1.29, 1.82) is 0 Å². The maximum atomic E-state index is 11.9. The third-order valence-electron chi connectivity index (χ3n) is 2.99. The third-order valence-corrected chi connectivity index (χ3v) is 2.99. The molecule has 0 heterocycles. The van der Waals surface area contributed by atoms with Gasteiger partial charge in [0.2, 0.25) is 0 Å². The van der Waals surface area contributed by atoms with E-state index in [2.05, 4.69) is 5.32 Å². The summed E-state index contributed by atoms with van der Waals surface area (Å²) in [7, 11) is 0. The zero-order valence-electron chi connectivity index (χ0n) is 11.2. The number of aliphatic hydroxyl groups is 1. The second-order valence-electron chi connectivity index (χ2n) is 5.32. The lowest BCUT2D eigenvalue weighted by Gasteiger charge is -2.23. The zero-order valence-corrected chi connectivity index (χ0v) is 11.2. The van der Waals surface area contributed by atoms with E-state index in [0.29, 0.717) is 18.5 Å². The highest BCUT2D eigenvalue weighted by Gasteiger charge is 2.18. The number of carbonyl (C=O) groups excluding carboxylic acids is 1. The standard InChI is InChI=1S/C14H21NO3/c1-10-4-5-11(8-12(10)17)13(18)15-9-14(2,3)6-7-16/h4-5,8,16-17H,6-7,9H2,1-3H3,(H,15,18). The van der Waals surface area contributed by atoms with Gasteiger partial charge in [-0.25, -0.2) is 0 Å². The van der Waals surface area contributed by atoms with Crippen LogP contribution in [0.2, 0.25) is 0 Å². The minimum atomic E-state index is -0.212. The van der Waals surface area contributed by atoms with Gasteiger partial charge in [-0.15, -0.1) is 0 Å². The van der Waals surface area contributed by atoms with Gasteiger partial charge >= 0.3 is 0 Å². The minimum absolute atomic E-state index is 0.105. The number of aryl methyl sites for hydroxylation is 1. The molecule has 0 saturated heterocycles. The molecule has 0 spiro atoms. The molecule has 1 amide bonds. The van der Waals surface area contributed by atoms with Crippen molar-refractivity contribution in [3.05, 3.63) is 29.3 Å². The molecule has 4 nitrogen and oxygen atoms in total. The molecule has 3 N–H and O–H groups in total. The number of hydrogen-bond donors (Lipinski definition) is 3. The van der Waals surface area contributed by atoms with Gasteiger partial charge < -0.3 is 15.5 Å². The first kappa shape index (κ1) is 14.5. The Morgan fingerprint density at radius 3 is 2.61 bits per heavy atom. The Labute approximate surface area is 108 Å². The Bertz CT molecular complexity index is 427. The smallest absolute Gasteiger partial charge is 0.251 e. The topological polar surface area (TPSA) is 69.6 Å². The molecule has 0 radical (unpaired) electrons. The summed E-state index contributed by atoms with van der Waals surface area (Å²) in [6.07, 6.45) is 0.631. The van der Waals surface area contributed by atoms with Crippen LogP contribution in [-0.2, 0) is 0 Å². The van der Waals surface area contributed by atoms with Crippen LogP contribution in [0.4, 0.5) is 0 Å². The molecule has 1 rings (SSSR count). The van der Waals surface area contributed by atoms with Crippen molar-refractivity contribution in [2.24, 2.45) is 5.41 Å². The highest BCUT2D eigenvalue weighted by atomic mass is 16.3. The normalized spacial score (nSPS) is 11.3. The molecule has 0 bridgehead atoms. The van der Waals surface area contributed by atoms with Crippen molar-refractivity contribution >= 4 is 5.91 Å². The van der Waals surface area contributed by atoms with Gasteiger partial charge in [0.15, 0.2) is 0 Å². The Kier molecular flexibility index (Phi) is 4.73. The number of rotatable bonds is 5. The van der Waals surface area contributed by atoms with E-state index in [1.807, 2.05) is 13.8 Å². The number of amides is 1. The van der Waals surface area contributed by atoms with E-state index in [-0.39, 0.29) is 23.7 Å². The van der Waals surface area contributed by atoms with Crippen LogP contribution in [0.25, 0.3) is 0 Å². The van der Waals surface area contributed by atoms with Crippen LogP contribution < -0.4 is 5.32 Å². The van der Waals surface area contributed by atoms with Gasteiger partial charge in [-0.2, -0.15) is 0 Å². The van der Waals surface area contributed by atoms with Gasteiger partial charge in [0.25, 0.3) is 5.91 Å². The molecule has 0 aromatic heterocycles. The summed E-state index contributed by atoms with van der Waals surface area (Å²) in [5.74, 6) is -0.0893. The molecule has 0 fully saturated rings. The predicted octanol–water partition coefficient (Wildman–Crippen LogP) is 1.84. The number of benzene rings is 1. The average molecular weight is 251 g/mol. The summed E-state index contributed by atoms with van der Waals surface area (Å²) < 4.78 is 0. The summed E-state index contributed by atoms with van der Waals surface area (Å²) in [6.45, 7) is 6.34. The quantitative estimate of drug-likeness (QED) is 0.748. The van der Waals surface area contributed by atoms with Crippen molar-refractivity contribution in [3.63, 3.8) is 0 Å². The van der Waals surface area contributed by atoms with Crippen molar-refractivity contribution in [3.8, 4) is 5.75 Å². The lowest BCUT2D eigenvalue weighted by Crippen LogP contribution is -2.34. The van der Waals surface area contributed by atoms with Crippen LogP contribution in [0.5, 0.6) is 5.75 Å². The maximum absolute atomic E-state index is 11.9. The molecular formula is C14H21NO3. The summed E-state index contributed by atoms with van der Waals surface area (Å²) in [5.41, 5.74) is 1.04. The van der Waals surface area contributed by atoms with Gasteiger partial charge in [-0.1, -0.05) is 19.9 Å². The number of phenols is 1. The summed E-state index contributed by atoms with van der Waals surface area (Å²) in [6, 6.07) is 4.86. The van der Waals surface area contributed by atoms with Gasteiger partial charge in [-0.3, -0.25) is 4.79 Å². The Hall–Kier alpha value is -1.55. The van der Waals surface area contributed by atoms with Crippen LogP contribution in [0.3, 0.4) is 0 Å². The monoisotopic (exact) mass is 251 g/mol. The summed E-state index contributed by atoms with van der Waals surface area (Å²) >= 11 is 0. The molecule has 0 atom stereocenters. The van der Waals surface area contributed by atoms with Gasteiger partial charge in [0, 0.05) is 18.7 Å².